The second-order valence-corrected chi connectivity index (χ2v) is 5.33. The van der Waals surface area contributed by atoms with Gasteiger partial charge in [-0.05, 0) is 36.6 Å². The number of thiophene rings is 1. The Balaban J connectivity index is 2.10. The zero-order chi connectivity index (χ0) is 13.1. The molecule has 1 heterocycles. The van der Waals surface area contributed by atoms with Gasteiger partial charge in [-0.2, -0.15) is 0 Å². The third-order valence-electron chi connectivity index (χ3n) is 2.58. The molecule has 0 saturated carbocycles. The summed E-state index contributed by atoms with van der Waals surface area (Å²) in [5.74, 6) is -0.155. The van der Waals surface area contributed by atoms with Gasteiger partial charge in [0.1, 0.15) is 0 Å². The molecule has 0 bridgehead atoms. The monoisotopic (exact) mass is 280 g/mol. The predicted molar refractivity (Wildman–Crippen MR) is 76.1 cm³/mol. The van der Waals surface area contributed by atoms with Crippen LogP contribution in [-0.4, -0.2) is 5.91 Å². The van der Waals surface area contributed by atoms with Crippen LogP contribution in [-0.2, 0) is 0 Å². The molecule has 0 radical (unpaired) electrons. The molecule has 0 aliphatic carbocycles. The molecule has 18 heavy (non-hydrogen) atoms. The standard InChI is InChI=1S/C13H13ClN2OS/c1-8(12-3-2-6-18-12)16-13(17)9-4-5-11(15)10(14)7-9/h2-8H,15H2,1H3,(H,16,17)/t8-/m1/s1. The molecule has 3 nitrogen and oxygen atoms in total. The van der Waals surface area contributed by atoms with Crippen molar-refractivity contribution in [3.63, 3.8) is 0 Å². The lowest BCUT2D eigenvalue weighted by Crippen LogP contribution is -2.26. The maximum absolute atomic E-state index is 12.0. The molecular weight excluding hydrogens is 268 g/mol. The summed E-state index contributed by atoms with van der Waals surface area (Å²) in [5, 5.41) is 5.30. The topological polar surface area (TPSA) is 55.1 Å². The van der Waals surface area contributed by atoms with E-state index in [1.807, 2.05) is 24.4 Å². The van der Waals surface area contributed by atoms with Crippen molar-refractivity contribution in [1.82, 2.24) is 5.32 Å². The molecule has 1 aromatic carbocycles. The van der Waals surface area contributed by atoms with E-state index in [2.05, 4.69) is 5.32 Å². The molecule has 1 atom stereocenters. The number of anilines is 1. The molecule has 0 aliphatic rings. The Labute approximate surface area is 115 Å². The van der Waals surface area contributed by atoms with Crippen molar-refractivity contribution >= 4 is 34.5 Å². The highest BCUT2D eigenvalue weighted by Crippen LogP contribution is 2.21. The van der Waals surface area contributed by atoms with Gasteiger partial charge in [-0.25, -0.2) is 0 Å². The summed E-state index contributed by atoms with van der Waals surface area (Å²) in [7, 11) is 0. The number of carbonyl (C=O) groups excluding carboxylic acids is 1. The number of nitrogen functional groups attached to an aromatic ring is 1. The van der Waals surface area contributed by atoms with Crippen LogP contribution in [0.2, 0.25) is 5.02 Å². The summed E-state index contributed by atoms with van der Waals surface area (Å²) in [6, 6.07) is 8.81. The maximum Gasteiger partial charge on any atom is 0.251 e. The van der Waals surface area contributed by atoms with E-state index in [-0.39, 0.29) is 11.9 Å². The van der Waals surface area contributed by atoms with Crippen LogP contribution in [0.25, 0.3) is 0 Å². The molecular formula is C13H13ClN2OS. The van der Waals surface area contributed by atoms with E-state index in [0.717, 1.165) is 4.88 Å². The molecule has 5 heteroatoms. The van der Waals surface area contributed by atoms with Crippen molar-refractivity contribution in [1.29, 1.82) is 0 Å². The van der Waals surface area contributed by atoms with E-state index in [4.69, 9.17) is 17.3 Å². The zero-order valence-electron chi connectivity index (χ0n) is 9.81. The third-order valence-corrected chi connectivity index (χ3v) is 3.96. The summed E-state index contributed by atoms with van der Waals surface area (Å²) >= 11 is 7.50. The van der Waals surface area contributed by atoms with Gasteiger partial charge in [0.15, 0.2) is 0 Å². The van der Waals surface area contributed by atoms with E-state index in [9.17, 15) is 4.79 Å². The van der Waals surface area contributed by atoms with Gasteiger partial charge in [0, 0.05) is 10.4 Å². The number of halogens is 1. The number of hydrogen-bond donors (Lipinski definition) is 2. The highest BCUT2D eigenvalue weighted by Gasteiger charge is 2.12. The second kappa shape index (κ2) is 5.42. The Kier molecular flexibility index (Phi) is 3.89. The molecule has 94 valence electrons. The van der Waals surface area contributed by atoms with E-state index >= 15 is 0 Å². The molecule has 0 unspecified atom stereocenters. The van der Waals surface area contributed by atoms with Crippen molar-refractivity contribution in [2.24, 2.45) is 0 Å². The molecule has 1 amide bonds. The first-order chi connectivity index (χ1) is 8.58. The van der Waals surface area contributed by atoms with Crippen molar-refractivity contribution in [3.8, 4) is 0 Å². The van der Waals surface area contributed by atoms with Crippen LogP contribution in [0.3, 0.4) is 0 Å². The summed E-state index contributed by atoms with van der Waals surface area (Å²) in [6.07, 6.45) is 0. The smallest absolute Gasteiger partial charge is 0.251 e. The number of nitrogens with one attached hydrogen (secondary N) is 1. The number of carbonyl (C=O) groups is 1. The molecule has 0 spiro atoms. The Bertz CT molecular complexity index is 554. The molecule has 0 aliphatic heterocycles. The van der Waals surface area contributed by atoms with E-state index < -0.39 is 0 Å². The van der Waals surface area contributed by atoms with Crippen molar-refractivity contribution < 1.29 is 4.79 Å². The van der Waals surface area contributed by atoms with Crippen LogP contribution in [0, 0.1) is 0 Å². The van der Waals surface area contributed by atoms with Gasteiger partial charge in [0.25, 0.3) is 5.91 Å². The zero-order valence-corrected chi connectivity index (χ0v) is 11.4. The normalized spacial score (nSPS) is 12.1. The number of benzene rings is 1. The van der Waals surface area contributed by atoms with Crippen LogP contribution in [0.1, 0.15) is 28.2 Å². The molecule has 3 N–H and O–H groups in total. The minimum Gasteiger partial charge on any atom is -0.398 e. The maximum atomic E-state index is 12.0. The highest BCUT2D eigenvalue weighted by atomic mass is 35.5. The minimum atomic E-state index is -0.155. The van der Waals surface area contributed by atoms with Gasteiger partial charge in [-0.15, -0.1) is 11.3 Å². The molecule has 0 saturated heterocycles. The van der Waals surface area contributed by atoms with Gasteiger partial charge >= 0.3 is 0 Å². The highest BCUT2D eigenvalue weighted by molar-refractivity contribution is 7.10. The van der Waals surface area contributed by atoms with Crippen LogP contribution >= 0.6 is 22.9 Å². The lowest BCUT2D eigenvalue weighted by molar-refractivity contribution is 0.0940. The van der Waals surface area contributed by atoms with Gasteiger partial charge in [-0.1, -0.05) is 17.7 Å². The Morgan fingerprint density at radius 1 is 1.44 bits per heavy atom. The molecule has 0 fully saturated rings. The van der Waals surface area contributed by atoms with E-state index in [0.29, 0.717) is 16.3 Å². The second-order valence-electron chi connectivity index (χ2n) is 3.95. The molecule has 2 aromatic rings. The van der Waals surface area contributed by atoms with E-state index in [1.54, 1.807) is 29.5 Å². The van der Waals surface area contributed by atoms with Gasteiger partial charge < -0.3 is 11.1 Å². The van der Waals surface area contributed by atoms with Gasteiger partial charge in [-0.3, -0.25) is 4.79 Å². The summed E-state index contributed by atoms with van der Waals surface area (Å²) in [5.41, 5.74) is 6.59. The average molecular weight is 281 g/mol. The number of hydrogen-bond acceptors (Lipinski definition) is 3. The average Bonchev–Trinajstić information content (AvgIpc) is 2.86. The van der Waals surface area contributed by atoms with Crippen LogP contribution in [0.4, 0.5) is 5.69 Å². The Hall–Kier alpha value is -1.52. The van der Waals surface area contributed by atoms with Gasteiger partial charge in [0.05, 0.1) is 16.8 Å². The Morgan fingerprint density at radius 3 is 2.83 bits per heavy atom. The molecule has 2 rings (SSSR count). The predicted octanol–water partition coefficient (Wildman–Crippen LogP) is 3.47. The van der Waals surface area contributed by atoms with Crippen molar-refractivity contribution in [2.75, 3.05) is 5.73 Å². The first kappa shape index (κ1) is 12.9. The minimum absolute atomic E-state index is 0.0196. The third kappa shape index (κ3) is 2.83. The quantitative estimate of drug-likeness (QED) is 0.846. The SMILES string of the molecule is C[C@@H](NC(=O)c1ccc(N)c(Cl)c1)c1cccs1. The first-order valence-electron chi connectivity index (χ1n) is 5.47. The Morgan fingerprint density at radius 2 is 2.22 bits per heavy atom. The van der Waals surface area contributed by atoms with E-state index in [1.165, 1.54) is 0 Å². The summed E-state index contributed by atoms with van der Waals surface area (Å²) in [6.45, 7) is 1.95. The van der Waals surface area contributed by atoms with Gasteiger partial charge in [0.2, 0.25) is 0 Å². The van der Waals surface area contributed by atoms with Crippen molar-refractivity contribution in [3.05, 3.63) is 51.2 Å². The molecule has 1 aromatic heterocycles. The summed E-state index contributed by atoms with van der Waals surface area (Å²) < 4.78 is 0. The van der Waals surface area contributed by atoms with Crippen LogP contribution in [0.5, 0.6) is 0 Å². The van der Waals surface area contributed by atoms with Crippen LogP contribution in [0.15, 0.2) is 35.7 Å². The van der Waals surface area contributed by atoms with Crippen LogP contribution < -0.4 is 11.1 Å². The van der Waals surface area contributed by atoms with Crippen molar-refractivity contribution in [2.45, 2.75) is 13.0 Å². The first-order valence-corrected chi connectivity index (χ1v) is 6.73. The largest absolute Gasteiger partial charge is 0.398 e. The lowest BCUT2D eigenvalue weighted by atomic mass is 10.1. The fraction of sp³-hybridized carbons (Fsp3) is 0.154. The number of nitrogens with two attached hydrogens (primary N) is 1. The number of rotatable bonds is 3. The summed E-state index contributed by atoms with van der Waals surface area (Å²) in [4.78, 5) is 13.1. The number of amides is 1. The lowest BCUT2D eigenvalue weighted by Gasteiger charge is -2.12. The fourth-order valence-corrected chi connectivity index (χ4v) is 2.47. The fourth-order valence-electron chi connectivity index (χ4n) is 1.56.